The Hall–Kier alpha value is -1.70. The van der Waals surface area contributed by atoms with E-state index in [2.05, 4.69) is 32.7 Å². The van der Waals surface area contributed by atoms with Gasteiger partial charge in [-0.05, 0) is 36.3 Å². The molecule has 1 aromatic rings. The standard InChI is InChI=1S/C19H25F3N2O2S/c1-12(2)18(13(3)4)10-24(17(25)27-5)16(26-11-18)23-15-8-6-7-14(9-15)19(20,21)22/h6-9,12-13H,10-11H2,1-5H3. The predicted molar refractivity (Wildman–Crippen MR) is 102 cm³/mol. The first-order chi connectivity index (χ1) is 12.5. The van der Waals surface area contributed by atoms with E-state index in [0.717, 1.165) is 23.9 Å². The molecular weight excluding hydrogens is 377 g/mol. The molecule has 1 aromatic carbocycles. The molecule has 0 atom stereocenters. The topological polar surface area (TPSA) is 41.9 Å². The maximum atomic E-state index is 12.9. The summed E-state index contributed by atoms with van der Waals surface area (Å²) in [4.78, 5) is 18.1. The predicted octanol–water partition coefficient (Wildman–Crippen LogP) is 5.81. The lowest BCUT2D eigenvalue weighted by Gasteiger charge is -2.47. The minimum absolute atomic E-state index is 0.0469. The van der Waals surface area contributed by atoms with E-state index in [1.165, 1.54) is 17.0 Å². The Labute approximate surface area is 162 Å². The molecule has 8 heteroatoms. The van der Waals surface area contributed by atoms with Gasteiger partial charge in [0.05, 0.1) is 17.9 Å². The summed E-state index contributed by atoms with van der Waals surface area (Å²) in [6.07, 6.45) is -2.80. The number of aliphatic imine (C=N–C) groups is 1. The molecule has 0 aliphatic carbocycles. The van der Waals surface area contributed by atoms with E-state index in [0.29, 0.717) is 13.2 Å². The van der Waals surface area contributed by atoms with Crippen molar-refractivity contribution in [3.8, 4) is 0 Å². The number of thioether (sulfide) groups is 1. The smallest absolute Gasteiger partial charge is 0.416 e. The van der Waals surface area contributed by atoms with Crippen molar-refractivity contribution in [1.82, 2.24) is 4.90 Å². The van der Waals surface area contributed by atoms with E-state index in [4.69, 9.17) is 4.74 Å². The highest BCUT2D eigenvalue weighted by molar-refractivity contribution is 8.12. The quantitative estimate of drug-likeness (QED) is 0.641. The maximum Gasteiger partial charge on any atom is 0.416 e. The molecule has 0 spiro atoms. The summed E-state index contributed by atoms with van der Waals surface area (Å²) in [5, 5.41) is -0.244. The van der Waals surface area contributed by atoms with Crippen LogP contribution in [0.2, 0.25) is 0 Å². The second-order valence-electron chi connectivity index (χ2n) is 7.33. The lowest BCUT2D eigenvalue weighted by Crippen LogP contribution is -2.56. The number of carbonyl (C=O) groups is 1. The van der Waals surface area contributed by atoms with Gasteiger partial charge >= 0.3 is 6.18 Å². The number of hydrogen-bond donors (Lipinski definition) is 0. The van der Waals surface area contributed by atoms with Gasteiger partial charge in [-0.25, -0.2) is 0 Å². The first-order valence-electron chi connectivity index (χ1n) is 8.75. The number of amidine groups is 1. The Balaban J connectivity index is 2.42. The zero-order valence-electron chi connectivity index (χ0n) is 16.1. The van der Waals surface area contributed by atoms with Crippen molar-refractivity contribution >= 4 is 28.7 Å². The van der Waals surface area contributed by atoms with E-state index in [9.17, 15) is 18.0 Å². The first-order valence-corrected chi connectivity index (χ1v) is 9.98. The minimum atomic E-state index is -4.46. The first kappa shape index (κ1) is 21.6. The molecular formula is C19H25F3N2O2S. The monoisotopic (exact) mass is 402 g/mol. The van der Waals surface area contributed by atoms with Crippen LogP contribution >= 0.6 is 11.8 Å². The van der Waals surface area contributed by atoms with Crippen molar-refractivity contribution in [2.45, 2.75) is 33.9 Å². The zero-order chi connectivity index (χ0) is 20.4. The summed E-state index contributed by atoms with van der Waals surface area (Å²) >= 11 is 1.02. The summed E-state index contributed by atoms with van der Waals surface area (Å²) in [5.41, 5.74) is -0.944. The third kappa shape index (κ3) is 4.59. The molecule has 1 aliphatic rings. The van der Waals surface area contributed by atoms with Gasteiger partial charge in [-0.15, -0.1) is 0 Å². The van der Waals surface area contributed by atoms with Crippen LogP contribution in [0.3, 0.4) is 0 Å². The molecule has 0 unspecified atom stereocenters. The molecule has 150 valence electrons. The van der Waals surface area contributed by atoms with E-state index in [1.807, 2.05) is 0 Å². The number of benzene rings is 1. The molecule has 0 bridgehead atoms. The van der Waals surface area contributed by atoms with Gasteiger partial charge < -0.3 is 4.74 Å². The minimum Gasteiger partial charge on any atom is -0.464 e. The van der Waals surface area contributed by atoms with Crippen molar-refractivity contribution in [2.24, 2.45) is 22.2 Å². The number of ether oxygens (including phenoxy) is 1. The summed E-state index contributed by atoms with van der Waals surface area (Å²) in [5.74, 6) is 0.509. The molecule has 2 rings (SSSR count). The van der Waals surface area contributed by atoms with E-state index in [-0.39, 0.29) is 34.2 Å². The molecule has 1 fully saturated rings. The second kappa shape index (κ2) is 8.12. The fourth-order valence-electron chi connectivity index (χ4n) is 3.26. The van der Waals surface area contributed by atoms with Crippen LogP contribution in [-0.2, 0) is 10.9 Å². The number of alkyl halides is 3. The van der Waals surface area contributed by atoms with Gasteiger partial charge in [0.2, 0.25) is 0 Å². The average Bonchev–Trinajstić information content (AvgIpc) is 2.60. The third-order valence-electron chi connectivity index (χ3n) is 5.25. The van der Waals surface area contributed by atoms with Crippen molar-refractivity contribution in [3.63, 3.8) is 0 Å². The molecule has 0 radical (unpaired) electrons. The normalized spacial score (nSPS) is 18.9. The van der Waals surface area contributed by atoms with E-state index in [1.54, 1.807) is 6.26 Å². The highest BCUT2D eigenvalue weighted by Crippen LogP contribution is 2.41. The SMILES string of the molecule is CSC(=O)N1CC(C(C)C)(C(C)C)COC1=Nc1cccc(C(F)(F)F)c1. The Kier molecular flexibility index (Phi) is 6.50. The van der Waals surface area contributed by atoms with Gasteiger partial charge in [0.15, 0.2) is 0 Å². The highest BCUT2D eigenvalue weighted by atomic mass is 32.2. The average molecular weight is 402 g/mol. The van der Waals surface area contributed by atoms with Gasteiger partial charge in [-0.2, -0.15) is 18.2 Å². The van der Waals surface area contributed by atoms with Gasteiger partial charge in [-0.1, -0.05) is 45.5 Å². The second-order valence-corrected chi connectivity index (χ2v) is 8.09. The molecule has 1 heterocycles. The Bertz CT molecular complexity index is 709. The summed E-state index contributed by atoms with van der Waals surface area (Å²) in [7, 11) is 0. The lowest BCUT2D eigenvalue weighted by molar-refractivity contribution is -0.137. The molecule has 1 saturated heterocycles. The highest BCUT2D eigenvalue weighted by Gasteiger charge is 2.46. The molecule has 1 amide bonds. The zero-order valence-corrected chi connectivity index (χ0v) is 16.9. The summed E-state index contributed by atoms with van der Waals surface area (Å²) in [6, 6.07) is 4.73. The number of rotatable bonds is 3. The molecule has 0 aromatic heterocycles. The Morgan fingerprint density at radius 3 is 2.41 bits per heavy atom. The largest absolute Gasteiger partial charge is 0.464 e. The molecule has 0 N–H and O–H groups in total. The van der Waals surface area contributed by atoms with Crippen molar-refractivity contribution in [3.05, 3.63) is 29.8 Å². The van der Waals surface area contributed by atoms with Gasteiger partial charge in [0.25, 0.3) is 11.3 Å². The molecule has 4 nitrogen and oxygen atoms in total. The molecule has 27 heavy (non-hydrogen) atoms. The third-order valence-corrected chi connectivity index (χ3v) is 5.82. The summed E-state index contributed by atoms with van der Waals surface area (Å²) < 4.78 is 44.7. The number of hydrogen-bond acceptors (Lipinski definition) is 4. The number of halogens is 3. The van der Waals surface area contributed by atoms with Crippen molar-refractivity contribution in [1.29, 1.82) is 0 Å². The van der Waals surface area contributed by atoms with Crippen molar-refractivity contribution in [2.75, 3.05) is 19.4 Å². The van der Waals surface area contributed by atoms with Crippen LogP contribution in [0.15, 0.2) is 29.3 Å². The number of carbonyl (C=O) groups excluding carboxylic acids is 1. The molecule has 0 saturated carbocycles. The van der Waals surface area contributed by atoms with Crippen LogP contribution in [0, 0.1) is 17.3 Å². The number of nitrogens with zero attached hydrogens (tertiary/aromatic N) is 2. The van der Waals surface area contributed by atoms with Crippen LogP contribution in [0.25, 0.3) is 0 Å². The van der Waals surface area contributed by atoms with Gasteiger partial charge in [0.1, 0.15) is 0 Å². The van der Waals surface area contributed by atoms with E-state index < -0.39 is 11.7 Å². The van der Waals surface area contributed by atoms with Crippen LogP contribution < -0.4 is 0 Å². The van der Waals surface area contributed by atoms with Gasteiger partial charge in [-0.3, -0.25) is 9.69 Å². The fourth-order valence-corrected chi connectivity index (χ4v) is 3.62. The maximum absolute atomic E-state index is 12.9. The summed E-state index contributed by atoms with van der Waals surface area (Å²) in [6.45, 7) is 9.11. The van der Waals surface area contributed by atoms with E-state index >= 15 is 0 Å². The van der Waals surface area contributed by atoms with Crippen LogP contribution in [0.1, 0.15) is 33.3 Å². The fraction of sp³-hybridized carbons (Fsp3) is 0.579. The lowest BCUT2D eigenvalue weighted by atomic mass is 9.68. The molecule has 1 aliphatic heterocycles. The van der Waals surface area contributed by atoms with Crippen LogP contribution in [-0.4, -0.2) is 35.6 Å². The van der Waals surface area contributed by atoms with Crippen molar-refractivity contribution < 1.29 is 22.7 Å². The number of amides is 1. The van der Waals surface area contributed by atoms with Crippen LogP contribution in [0.5, 0.6) is 0 Å². The van der Waals surface area contributed by atoms with Crippen LogP contribution in [0.4, 0.5) is 23.7 Å². The van der Waals surface area contributed by atoms with Gasteiger partial charge in [0, 0.05) is 12.0 Å². The Morgan fingerprint density at radius 1 is 1.26 bits per heavy atom. The Morgan fingerprint density at radius 2 is 1.89 bits per heavy atom.